The van der Waals surface area contributed by atoms with Gasteiger partial charge in [-0.2, -0.15) is 0 Å². The summed E-state index contributed by atoms with van der Waals surface area (Å²) in [6.45, 7) is 2.99. The van der Waals surface area contributed by atoms with Crippen LogP contribution < -0.4 is 10.9 Å². The van der Waals surface area contributed by atoms with Crippen LogP contribution in [0.25, 0.3) is 16.7 Å². The number of amides is 1. The highest BCUT2D eigenvalue weighted by Crippen LogP contribution is 2.22. The normalized spacial score (nSPS) is 11.1. The second kappa shape index (κ2) is 11.2. The molecule has 4 aromatic rings. The minimum absolute atomic E-state index is 0.0809. The summed E-state index contributed by atoms with van der Waals surface area (Å²) in [6, 6.07) is 13.8. The molecule has 0 fully saturated rings. The number of nitrogens with zero attached hydrogens (tertiary/aromatic N) is 4. The number of fused-ring (bicyclic) bond motifs is 3. The van der Waals surface area contributed by atoms with E-state index in [0.29, 0.717) is 59.3 Å². The Kier molecular flexibility index (Phi) is 7.78. The largest absolute Gasteiger partial charge is 0.462 e. The van der Waals surface area contributed by atoms with Crippen molar-refractivity contribution in [3.63, 3.8) is 0 Å². The van der Waals surface area contributed by atoms with Gasteiger partial charge in [0.05, 0.1) is 28.8 Å². The van der Waals surface area contributed by atoms with Crippen LogP contribution >= 0.6 is 11.8 Å². The Morgan fingerprint density at radius 1 is 1.09 bits per heavy atom. The lowest BCUT2D eigenvalue weighted by Crippen LogP contribution is -2.24. The van der Waals surface area contributed by atoms with E-state index < -0.39 is 5.97 Å². The maximum absolute atomic E-state index is 13.1. The summed E-state index contributed by atoms with van der Waals surface area (Å²) in [4.78, 5) is 37.4. The molecule has 2 aromatic heterocycles. The third-order valence-electron chi connectivity index (χ3n) is 5.22. The Bertz CT molecular complexity index is 1410. The molecule has 0 radical (unpaired) electrons. The fourth-order valence-electron chi connectivity index (χ4n) is 3.63. The van der Waals surface area contributed by atoms with Gasteiger partial charge in [0.2, 0.25) is 11.7 Å². The Hall–Kier alpha value is -3.70. The van der Waals surface area contributed by atoms with E-state index in [0.717, 1.165) is 0 Å². The molecule has 0 unspecified atom stereocenters. The molecule has 182 valence electrons. The second-order valence-corrected chi connectivity index (χ2v) is 8.52. The maximum atomic E-state index is 13.1. The fraction of sp³-hybridized carbons (Fsp3) is 0.292. The molecule has 0 aliphatic carbocycles. The van der Waals surface area contributed by atoms with Crippen molar-refractivity contribution in [2.75, 3.05) is 31.4 Å². The Morgan fingerprint density at radius 3 is 2.60 bits per heavy atom. The number of nitrogens with one attached hydrogen (secondary N) is 1. The smallest absolute Gasteiger partial charge is 0.338 e. The highest BCUT2D eigenvalue weighted by Gasteiger charge is 2.17. The van der Waals surface area contributed by atoms with Gasteiger partial charge in [0.1, 0.15) is 0 Å². The molecule has 0 aliphatic rings. The Balaban J connectivity index is 1.53. The number of rotatable bonds is 10. The number of esters is 1. The monoisotopic (exact) mass is 495 g/mol. The first-order valence-electron chi connectivity index (χ1n) is 11.1. The Labute approximate surface area is 205 Å². The molecule has 0 saturated heterocycles. The fourth-order valence-corrected chi connectivity index (χ4v) is 4.37. The van der Waals surface area contributed by atoms with Crippen LogP contribution in [0.1, 0.15) is 23.7 Å². The number of thioether (sulfide) groups is 1. The van der Waals surface area contributed by atoms with Gasteiger partial charge in [-0.05, 0) is 49.7 Å². The average Bonchev–Trinajstić information content (AvgIpc) is 3.29. The van der Waals surface area contributed by atoms with E-state index in [-0.39, 0.29) is 17.2 Å². The molecule has 2 heterocycles. The molecule has 0 aliphatic heterocycles. The quantitative estimate of drug-likeness (QED) is 0.203. The molecular formula is C24H25N5O5S. The lowest BCUT2D eigenvalue weighted by molar-refractivity contribution is -0.113. The van der Waals surface area contributed by atoms with Crippen LogP contribution in [0.4, 0.5) is 5.69 Å². The van der Waals surface area contributed by atoms with Crippen molar-refractivity contribution in [2.24, 2.45) is 0 Å². The van der Waals surface area contributed by atoms with Gasteiger partial charge in [0.15, 0.2) is 5.16 Å². The third kappa shape index (κ3) is 5.36. The first-order valence-corrected chi connectivity index (χ1v) is 12.1. The first kappa shape index (κ1) is 24.4. The predicted molar refractivity (Wildman–Crippen MR) is 133 cm³/mol. The molecule has 11 heteroatoms. The number of aryl methyl sites for hydroxylation is 1. The molecule has 10 nitrogen and oxygen atoms in total. The number of anilines is 1. The van der Waals surface area contributed by atoms with Crippen molar-refractivity contribution in [2.45, 2.75) is 25.0 Å². The van der Waals surface area contributed by atoms with Gasteiger partial charge in [0.25, 0.3) is 5.56 Å². The van der Waals surface area contributed by atoms with Crippen LogP contribution in [0.3, 0.4) is 0 Å². The highest BCUT2D eigenvalue weighted by atomic mass is 32.2. The lowest BCUT2D eigenvalue weighted by atomic mass is 10.2. The van der Waals surface area contributed by atoms with Crippen molar-refractivity contribution in [3.05, 3.63) is 64.4 Å². The van der Waals surface area contributed by atoms with Crippen molar-refractivity contribution >= 4 is 46.0 Å². The topological polar surface area (TPSA) is 117 Å². The minimum atomic E-state index is -0.410. The number of hydrogen-bond acceptors (Lipinski definition) is 8. The van der Waals surface area contributed by atoms with Gasteiger partial charge in [-0.3, -0.25) is 18.6 Å². The summed E-state index contributed by atoms with van der Waals surface area (Å²) < 4.78 is 13.5. The van der Waals surface area contributed by atoms with Crippen LogP contribution in [0.2, 0.25) is 0 Å². The summed E-state index contributed by atoms with van der Waals surface area (Å²) in [5.41, 5.74) is 1.51. The zero-order valence-corrected chi connectivity index (χ0v) is 20.2. The van der Waals surface area contributed by atoms with E-state index in [1.54, 1.807) is 53.3 Å². The van der Waals surface area contributed by atoms with E-state index in [1.807, 2.05) is 18.2 Å². The number of carbonyl (C=O) groups excluding carboxylic acids is 2. The zero-order valence-electron chi connectivity index (χ0n) is 19.4. The number of methoxy groups -OCH3 is 1. The summed E-state index contributed by atoms with van der Waals surface area (Å²) in [5, 5.41) is 12.4. The van der Waals surface area contributed by atoms with Crippen molar-refractivity contribution < 1.29 is 19.1 Å². The molecule has 35 heavy (non-hydrogen) atoms. The molecule has 1 amide bonds. The number of carbonyl (C=O) groups is 2. The van der Waals surface area contributed by atoms with Crippen molar-refractivity contribution in [1.29, 1.82) is 0 Å². The first-order chi connectivity index (χ1) is 17.0. The van der Waals surface area contributed by atoms with Crippen molar-refractivity contribution in [3.8, 4) is 0 Å². The SMILES string of the molecule is CCOC(=O)c1ccc(NC(=O)CSc2nnc3n(CCCOC)c(=O)c4ccccc4n23)cc1. The summed E-state index contributed by atoms with van der Waals surface area (Å²) >= 11 is 1.22. The summed E-state index contributed by atoms with van der Waals surface area (Å²) in [6.07, 6.45) is 0.650. The van der Waals surface area contributed by atoms with Crippen LogP contribution in [-0.4, -0.2) is 57.1 Å². The highest BCUT2D eigenvalue weighted by molar-refractivity contribution is 7.99. The molecule has 4 rings (SSSR count). The maximum Gasteiger partial charge on any atom is 0.338 e. The van der Waals surface area contributed by atoms with E-state index in [9.17, 15) is 14.4 Å². The molecule has 0 bridgehead atoms. The summed E-state index contributed by atoms with van der Waals surface area (Å²) in [5.74, 6) is -0.152. The lowest BCUT2D eigenvalue weighted by Gasteiger charge is -2.11. The van der Waals surface area contributed by atoms with Gasteiger partial charge in [0, 0.05) is 25.9 Å². The van der Waals surface area contributed by atoms with Crippen LogP contribution in [0.5, 0.6) is 0 Å². The third-order valence-corrected chi connectivity index (χ3v) is 6.15. The van der Waals surface area contributed by atoms with Crippen molar-refractivity contribution in [1.82, 2.24) is 19.2 Å². The standard InChI is InChI=1S/C24H25N5O5S/c1-3-34-22(32)16-9-11-17(12-10-16)25-20(30)15-35-24-27-26-23-28(13-6-14-33-2)21(31)18-7-4-5-8-19(18)29(23)24/h4-5,7-12H,3,6,13-15H2,1-2H3,(H,25,30). The van der Waals surface area contributed by atoms with Gasteiger partial charge >= 0.3 is 5.97 Å². The average molecular weight is 496 g/mol. The summed E-state index contributed by atoms with van der Waals surface area (Å²) in [7, 11) is 1.62. The number of aromatic nitrogens is 4. The molecule has 1 N–H and O–H groups in total. The molecular weight excluding hydrogens is 470 g/mol. The number of hydrogen-bond donors (Lipinski definition) is 1. The van der Waals surface area contributed by atoms with E-state index in [1.165, 1.54) is 11.8 Å². The number of ether oxygens (including phenoxy) is 2. The number of benzene rings is 2. The van der Waals surface area contributed by atoms with Gasteiger partial charge < -0.3 is 14.8 Å². The van der Waals surface area contributed by atoms with E-state index in [2.05, 4.69) is 15.5 Å². The zero-order chi connectivity index (χ0) is 24.8. The van der Waals surface area contributed by atoms with Gasteiger partial charge in [-0.15, -0.1) is 10.2 Å². The van der Waals surface area contributed by atoms with Gasteiger partial charge in [-0.1, -0.05) is 23.9 Å². The van der Waals surface area contributed by atoms with Crippen LogP contribution in [-0.2, 0) is 20.8 Å². The Morgan fingerprint density at radius 2 is 1.86 bits per heavy atom. The van der Waals surface area contributed by atoms with E-state index >= 15 is 0 Å². The minimum Gasteiger partial charge on any atom is -0.462 e. The molecule has 0 saturated carbocycles. The van der Waals surface area contributed by atoms with Gasteiger partial charge in [-0.25, -0.2) is 4.79 Å². The second-order valence-electron chi connectivity index (χ2n) is 7.57. The predicted octanol–water partition coefficient (Wildman–Crippen LogP) is 2.99. The molecule has 0 atom stereocenters. The van der Waals surface area contributed by atoms with Crippen LogP contribution in [0, 0.1) is 0 Å². The molecule has 0 spiro atoms. The van der Waals surface area contributed by atoms with Crippen LogP contribution in [0.15, 0.2) is 58.5 Å². The molecule has 2 aromatic carbocycles. The number of para-hydroxylation sites is 1. The van der Waals surface area contributed by atoms with E-state index in [4.69, 9.17) is 9.47 Å².